The molecular weight excluding hydrogens is 288 g/mol. The van der Waals surface area contributed by atoms with Crippen molar-refractivity contribution in [2.45, 2.75) is 46.1 Å². The second-order valence-corrected chi connectivity index (χ2v) is 7.05. The third-order valence-corrected chi connectivity index (χ3v) is 3.61. The molecule has 0 aromatic heterocycles. The van der Waals surface area contributed by atoms with Crippen molar-refractivity contribution in [1.82, 2.24) is 0 Å². The summed E-state index contributed by atoms with van der Waals surface area (Å²) in [5.74, 6) is -0.374. The lowest BCUT2D eigenvalue weighted by atomic mass is 9.86. The number of hydrogen-bond acceptors (Lipinski definition) is 2. The van der Waals surface area contributed by atoms with Crippen LogP contribution >= 0.6 is 0 Å². The average Bonchev–Trinajstić information content (AvgIpc) is 2.45. The number of carboxylic acids is 1. The van der Waals surface area contributed by atoms with Crippen LogP contribution in [0.2, 0.25) is 0 Å². The molecule has 0 heterocycles. The second-order valence-electron chi connectivity index (χ2n) is 7.05. The van der Waals surface area contributed by atoms with Gasteiger partial charge in [0.1, 0.15) is 5.75 Å². The van der Waals surface area contributed by atoms with Crippen molar-refractivity contribution in [1.29, 1.82) is 0 Å². The molecule has 0 aliphatic rings. The van der Waals surface area contributed by atoms with Crippen molar-refractivity contribution in [2.75, 3.05) is 0 Å². The predicted octanol–water partition coefficient (Wildman–Crippen LogP) is 5.14. The highest BCUT2D eigenvalue weighted by Gasteiger charge is 2.14. The first-order valence-electron chi connectivity index (χ1n) is 7.83. The Labute approximate surface area is 137 Å². The SMILES string of the molecule is CC(C)Oc1cc(C(=O)O)cc(-c2ccc(C(C)(C)C)cc2)c1. The van der Waals surface area contributed by atoms with Gasteiger partial charge in [0.05, 0.1) is 11.7 Å². The van der Waals surface area contributed by atoms with Gasteiger partial charge < -0.3 is 9.84 Å². The van der Waals surface area contributed by atoms with E-state index in [1.54, 1.807) is 12.1 Å². The monoisotopic (exact) mass is 312 g/mol. The molecule has 0 unspecified atom stereocenters. The van der Waals surface area contributed by atoms with Gasteiger partial charge in [-0.3, -0.25) is 0 Å². The third kappa shape index (κ3) is 4.35. The summed E-state index contributed by atoms with van der Waals surface area (Å²) in [6, 6.07) is 13.4. The largest absolute Gasteiger partial charge is 0.491 e. The highest BCUT2D eigenvalue weighted by atomic mass is 16.5. The molecule has 0 saturated heterocycles. The fourth-order valence-corrected chi connectivity index (χ4v) is 2.39. The van der Waals surface area contributed by atoms with Crippen LogP contribution in [-0.4, -0.2) is 17.2 Å². The number of carboxylic acid groups (broad SMARTS) is 1. The van der Waals surface area contributed by atoms with E-state index in [4.69, 9.17) is 4.74 Å². The number of benzene rings is 2. The molecular formula is C20H24O3. The Hall–Kier alpha value is -2.29. The maximum Gasteiger partial charge on any atom is 0.335 e. The van der Waals surface area contributed by atoms with Crippen LogP contribution in [0.15, 0.2) is 42.5 Å². The van der Waals surface area contributed by atoms with Crippen LogP contribution in [0.3, 0.4) is 0 Å². The van der Waals surface area contributed by atoms with Crippen molar-refractivity contribution in [3.05, 3.63) is 53.6 Å². The molecule has 3 nitrogen and oxygen atoms in total. The van der Waals surface area contributed by atoms with E-state index in [1.165, 1.54) is 5.56 Å². The number of ether oxygens (including phenoxy) is 1. The van der Waals surface area contributed by atoms with Crippen LogP contribution in [0, 0.1) is 0 Å². The van der Waals surface area contributed by atoms with Gasteiger partial charge in [0, 0.05) is 0 Å². The molecule has 0 spiro atoms. The molecule has 0 atom stereocenters. The van der Waals surface area contributed by atoms with Gasteiger partial charge in [0.25, 0.3) is 0 Å². The summed E-state index contributed by atoms with van der Waals surface area (Å²) < 4.78 is 5.68. The van der Waals surface area contributed by atoms with Crippen molar-refractivity contribution >= 4 is 5.97 Å². The normalized spacial score (nSPS) is 11.6. The minimum absolute atomic E-state index is 0.00448. The smallest absolute Gasteiger partial charge is 0.335 e. The molecule has 0 aliphatic heterocycles. The molecule has 0 fully saturated rings. The Balaban J connectivity index is 2.45. The lowest BCUT2D eigenvalue weighted by Gasteiger charge is -2.19. The molecule has 0 saturated carbocycles. The zero-order chi connectivity index (χ0) is 17.2. The van der Waals surface area contributed by atoms with Crippen LogP contribution < -0.4 is 4.74 Å². The summed E-state index contributed by atoms with van der Waals surface area (Å²) >= 11 is 0. The topological polar surface area (TPSA) is 46.5 Å². The van der Waals surface area contributed by atoms with E-state index >= 15 is 0 Å². The van der Waals surface area contributed by atoms with Crippen molar-refractivity contribution in [2.24, 2.45) is 0 Å². The summed E-state index contributed by atoms with van der Waals surface area (Å²) in [6.07, 6.45) is -0.00448. The highest BCUT2D eigenvalue weighted by molar-refractivity contribution is 5.90. The van der Waals surface area contributed by atoms with Crippen LogP contribution in [0.4, 0.5) is 0 Å². The maximum atomic E-state index is 11.4. The van der Waals surface area contributed by atoms with Gasteiger partial charge in [-0.1, -0.05) is 45.0 Å². The Morgan fingerprint density at radius 3 is 2.09 bits per heavy atom. The summed E-state index contributed by atoms with van der Waals surface area (Å²) in [4.78, 5) is 11.4. The van der Waals surface area contributed by atoms with Crippen LogP contribution in [0.1, 0.15) is 50.5 Å². The minimum Gasteiger partial charge on any atom is -0.491 e. The minimum atomic E-state index is -0.952. The van der Waals surface area contributed by atoms with Crippen molar-refractivity contribution < 1.29 is 14.6 Å². The molecule has 1 N–H and O–H groups in total. The van der Waals surface area contributed by atoms with Gasteiger partial charge in [-0.2, -0.15) is 0 Å². The van der Waals surface area contributed by atoms with E-state index in [9.17, 15) is 9.90 Å². The summed E-state index contributed by atoms with van der Waals surface area (Å²) in [5, 5.41) is 9.31. The van der Waals surface area contributed by atoms with Crippen LogP contribution in [-0.2, 0) is 5.41 Å². The Bertz CT molecular complexity index is 692. The maximum absolute atomic E-state index is 11.4. The Morgan fingerprint density at radius 1 is 1.00 bits per heavy atom. The van der Waals surface area contributed by atoms with E-state index in [0.717, 1.165) is 11.1 Å². The first-order chi connectivity index (χ1) is 10.7. The first-order valence-corrected chi connectivity index (χ1v) is 7.83. The zero-order valence-corrected chi connectivity index (χ0v) is 14.4. The fraction of sp³-hybridized carbons (Fsp3) is 0.350. The number of aromatic carboxylic acids is 1. The van der Waals surface area contributed by atoms with Gasteiger partial charge in [-0.05, 0) is 54.2 Å². The molecule has 3 heteroatoms. The molecule has 2 aromatic rings. The second kappa shape index (κ2) is 6.45. The Morgan fingerprint density at radius 2 is 1.61 bits per heavy atom. The first kappa shape index (κ1) is 17.1. The van der Waals surface area contributed by atoms with Gasteiger partial charge in [0.15, 0.2) is 0 Å². The van der Waals surface area contributed by atoms with Gasteiger partial charge in [-0.15, -0.1) is 0 Å². The third-order valence-electron chi connectivity index (χ3n) is 3.61. The molecule has 0 radical (unpaired) electrons. The number of carbonyl (C=O) groups is 1. The van der Waals surface area contributed by atoms with Gasteiger partial charge in [0.2, 0.25) is 0 Å². The summed E-state index contributed by atoms with van der Waals surface area (Å²) in [5.41, 5.74) is 3.40. The molecule has 0 amide bonds. The van der Waals surface area contributed by atoms with E-state index < -0.39 is 5.97 Å². The van der Waals surface area contributed by atoms with Crippen LogP contribution in [0.5, 0.6) is 5.75 Å². The summed E-state index contributed by atoms with van der Waals surface area (Å²) in [6.45, 7) is 10.3. The summed E-state index contributed by atoms with van der Waals surface area (Å²) in [7, 11) is 0. The standard InChI is InChI=1S/C20H24O3/c1-13(2)23-18-11-15(10-16(12-18)19(21)22)14-6-8-17(9-7-14)20(3,4)5/h6-13H,1-5H3,(H,21,22). The van der Waals surface area contributed by atoms with Gasteiger partial charge >= 0.3 is 5.97 Å². The molecule has 23 heavy (non-hydrogen) atoms. The van der Waals surface area contributed by atoms with Crippen LogP contribution in [0.25, 0.3) is 11.1 Å². The molecule has 2 aromatic carbocycles. The Kier molecular flexibility index (Phi) is 4.79. The molecule has 122 valence electrons. The quantitative estimate of drug-likeness (QED) is 0.850. The molecule has 0 aliphatic carbocycles. The molecule has 0 bridgehead atoms. The number of rotatable bonds is 4. The van der Waals surface area contributed by atoms with Crippen molar-refractivity contribution in [3.8, 4) is 16.9 Å². The molecule has 2 rings (SSSR count). The van der Waals surface area contributed by atoms with E-state index in [0.29, 0.717) is 5.75 Å². The lowest BCUT2D eigenvalue weighted by molar-refractivity contribution is 0.0696. The predicted molar refractivity (Wildman–Crippen MR) is 93.3 cm³/mol. The average molecular weight is 312 g/mol. The van der Waals surface area contributed by atoms with E-state index in [-0.39, 0.29) is 17.1 Å². The van der Waals surface area contributed by atoms with Gasteiger partial charge in [-0.25, -0.2) is 4.79 Å². The number of hydrogen-bond donors (Lipinski definition) is 1. The lowest BCUT2D eigenvalue weighted by Crippen LogP contribution is -2.10. The van der Waals surface area contributed by atoms with E-state index in [2.05, 4.69) is 32.9 Å². The fourth-order valence-electron chi connectivity index (χ4n) is 2.39. The van der Waals surface area contributed by atoms with E-state index in [1.807, 2.05) is 32.0 Å². The zero-order valence-electron chi connectivity index (χ0n) is 14.4. The highest BCUT2D eigenvalue weighted by Crippen LogP contribution is 2.29. The van der Waals surface area contributed by atoms with Crippen molar-refractivity contribution in [3.63, 3.8) is 0 Å².